The first-order chi connectivity index (χ1) is 12.6. The molecule has 0 spiro atoms. The average Bonchev–Trinajstić information content (AvgIpc) is 2.81. The van der Waals surface area contributed by atoms with Crippen molar-refractivity contribution in [1.82, 2.24) is 4.98 Å². The van der Waals surface area contributed by atoms with Crippen molar-refractivity contribution >= 4 is 0 Å². The van der Waals surface area contributed by atoms with E-state index >= 15 is 0 Å². The average molecular weight is 318 g/mol. The predicted octanol–water partition coefficient (Wildman–Crippen LogP) is 4.50. The standard InChI is InChI=1S/C22H23N2/c1-14-8-9-20(24(5)13-14)17-12-19-18(11-15(17)2)16-7-6-10-23-21(16)22(19,3)4/h6-13H,1-5H3/q+1/i1D3. The second kappa shape index (κ2) is 5.01. The molecule has 0 atom stereocenters. The molecule has 2 heterocycles. The van der Waals surface area contributed by atoms with Crippen molar-refractivity contribution in [3.8, 4) is 22.4 Å². The Hall–Kier alpha value is -2.48. The molecule has 0 saturated carbocycles. The lowest BCUT2D eigenvalue weighted by Crippen LogP contribution is -2.31. The highest BCUT2D eigenvalue weighted by atomic mass is 14.9. The molecule has 0 aliphatic heterocycles. The number of hydrogen-bond acceptors (Lipinski definition) is 1. The number of nitrogens with zero attached hydrogens (tertiary/aromatic N) is 2. The maximum Gasteiger partial charge on any atom is 0.212 e. The van der Waals surface area contributed by atoms with Gasteiger partial charge in [0.2, 0.25) is 5.69 Å². The van der Waals surface area contributed by atoms with Gasteiger partial charge in [-0.05, 0) is 48.7 Å². The summed E-state index contributed by atoms with van der Waals surface area (Å²) in [6.07, 6.45) is 3.56. The van der Waals surface area contributed by atoms with Crippen LogP contribution in [0.15, 0.2) is 48.8 Å². The van der Waals surface area contributed by atoms with Gasteiger partial charge in [0.15, 0.2) is 6.20 Å². The Kier molecular flexibility index (Phi) is 2.50. The zero-order chi connectivity index (χ0) is 19.6. The highest BCUT2D eigenvalue weighted by molar-refractivity contribution is 5.83. The molecule has 2 heteroatoms. The van der Waals surface area contributed by atoms with Crippen molar-refractivity contribution in [2.45, 2.75) is 33.0 Å². The molecule has 120 valence electrons. The SMILES string of the molecule is [2H]C([2H])([2H])c1ccc(-c2cc3c(cc2C)-c2cccnc2C3(C)C)[n+](C)c1. The maximum atomic E-state index is 7.63. The minimum absolute atomic E-state index is 0.161. The molecule has 0 unspecified atom stereocenters. The van der Waals surface area contributed by atoms with E-state index in [1.807, 2.05) is 29.9 Å². The number of rotatable bonds is 1. The number of pyridine rings is 2. The topological polar surface area (TPSA) is 16.8 Å². The minimum Gasteiger partial charge on any atom is -0.260 e. The molecule has 24 heavy (non-hydrogen) atoms. The second-order valence-corrected chi connectivity index (χ2v) is 7.15. The molecule has 0 bridgehead atoms. The fourth-order valence-corrected chi connectivity index (χ4v) is 3.86. The van der Waals surface area contributed by atoms with E-state index in [0.717, 1.165) is 17.0 Å². The lowest BCUT2D eigenvalue weighted by atomic mass is 9.83. The summed E-state index contributed by atoms with van der Waals surface area (Å²) in [5.41, 5.74) is 8.29. The van der Waals surface area contributed by atoms with Crippen LogP contribution in [0.2, 0.25) is 0 Å². The largest absolute Gasteiger partial charge is 0.260 e. The number of hydrogen-bond donors (Lipinski definition) is 0. The number of benzene rings is 1. The highest BCUT2D eigenvalue weighted by Gasteiger charge is 2.37. The van der Waals surface area contributed by atoms with E-state index in [0.29, 0.717) is 5.56 Å². The van der Waals surface area contributed by atoms with E-state index in [4.69, 9.17) is 4.11 Å². The van der Waals surface area contributed by atoms with Crippen LogP contribution < -0.4 is 4.57 Å². The van der Waals surface area contributed by atoms with Gasteiger partial charge in [-0.25, -0.2) is 4.57 Å². The Labute approximate surface area is 148 Å². The van der Waals surface area contributed by atoms with Gasteiger partial charge in [0.25, 0.3) is 0 Å². The van der Waals surface area contributed by atoms with Gasteiger partial charge in [0.1, 0.15) is 7.05 Å². The van der Waals surface area contributed by atoms with E-state index in [2.05, 4.69) is 44.0 Å². The van der Waals surface area contributed by atoms with Crippen LogP contribution in [0.25, 0.3) is 22.4 Å². The molecule has 4 rings (SSSR count). The van der Waals surface area contributed by atoms with E-state index in [1.54, 1.807) is 12.3 Å². The molecule has 1 aliphatic rings. The molecule has 2 aromatic heterocycles. The summed E-state index contributed by atoms with van der Waals surface area (Å²) in [5, 5.41) is 0. The molecule has 1 aromatic carbocycles. The van der Waals surface area contributed by atoms with E-state index in [9.17, 15) is 0 Å². The number of aryl methyl sites for hydroxylation is 3. The molecule has 0 N–H and O–H groups in total. The summed E-state index contributed by atoms with van der Waals surface area (Å²) in [7, 11) is 1.90. The number of fused-ring (bicyclic) bond motifs is 3. The quantitative estimate of drug-likeness (QED) is 0.604. The van der Waals surface area contributed by atoms with Crippen molar-refractivity contribution in [3.05, 3.63) is 71.2 Å². The molecule has 0 radical (unpaired) electrons. The Morgan fingerprint density at radius 3 is 2.67 bits per heavy atom. The first-order valence-corrected chi connectivity index (χ1v) is 8.22. The van der Waals surface area contributed by atoms with Crippen LogP contribution in [-0.4, -0.2) is 4.98 Å². The summed E-state index contributed by atoms with van der Waals surface area (Å²) in [5.74, 6) is 0. The Bertz CT molecular complexity index is 1070. The molecule has 3 aromatic rings. The van der Waals surface area contributed by atoms with Gasteiger partial charge in [-0.3, -0.25) is 4.98 Å². The summed E-state index contributed by atoms with van der Waals surface area (Å²) in [4.78, 5) is 4.65. The van der Waals surface area contributed by atoms with E-state index in [1.165, 1.54) is 22.3 Å². The first kappa shape index (κ1) is 12.0. The highest BCUT2D eigenvalue weighted by Crippen LogP contribution is 2.49. The fourth-order valence-electron chi connectivity index (χ4n) is 3.86. The summed E-state index contributed by atoms with van der Waals surface area (Å²) >= 11 is 0. The van der Waals surface area contributed by atoms with Crippen molar-refractivity contribution in [1.29, 1.82) is 0 Å². The third-order valence-corrected chi connectivity index (χ3v) is 5.14. The van der Waals surface area contributed by atoms with Crippen LogP contribution in [0.3, 0.4) is 0 Å². The molecule has 1 aliphatic carbocycles. The monoisotopic (exact) mass is 318 g/mol. The summed E-state index contributed by atoms with van der Waals surface area (Å²) in [6.45, 7) is 4.43. The number of aromatic nitrogens is 2. The lowest BCUT2D eigenvalue weighted by Gasteiger charge is -2.21. The van der Waals surface area contributed by atoms with Crippen LogP contribution in [0, 0.1) is 13.8 Å². The van der Waals surface area contributed by atoms with Crippen molar-refractivity contribution in [2.24, 2.45) is 7.05 Å². The zero-order valence-electron chi connectivity index (χ0n) is 17.5. The molecule has 2 nitrogen and oxygen atoms in total. The smallest absolute Gasteiger partial charge is 0.212 e. The van der Waals surface area contributed by atoms with Crippen LogP contribution in [0.5, 0.6) is 0 Å². The van der Waals surface area contributed by atoms with Gasteiger partial charge in [-0.2, -0.15) is 0 Å². The van der Waals surface area contributed by atoms with Crippen LogP contribution in [-0.2, 0) is 12.5 Å². The van der Waals surface area contributed by atoms with Crippen LogP contribution >= 0.6 is 0 Å². The van der Waals surface area contributed by atoms with Gasteiger partial charge in [-0.1, -0.05) is 26.0 Å². The van der Waals surface area contributed by atoms with Gasteiger partial charge in [0.05, 0.1) is 5.69 Å². The Morgan fingerprint density at radius 2 is 1.92 bits per heavy atom. The van der Waals surface area contributed by atoms with Gasteiger partial charge in [0, 0.05) is 38.5 Å². The predicted molar refractivity (Wildman–Crippen MR) is 97.9 cm³/mol. The fraction of sp³-hybridized carbons (Fsp3) is 0.273. The van der Waals surface area contributed by atoms with Gasteiger partial charge < -0.3 is 0 Å². The minimum atomic E-state index is -2.10. The molecular weight excluding hydrogens is 292 g/mol. The van der Waals surface area contributed by atoms with Crippen LogP contribution in [0.1, 0.15) is 40.3 Å². The Morgan fingerprint density at radius 1 is 1.08 bits per heavy atom. The lowest BCUT2D eigenvalue weighted by molar-refractivity contribution is -0.660. The van der Waals surface area contributed by atoms with Gasteiger partial charge >= 0.3 is 0 Å². The molecule has 0 fully saturated rings. The third kappa shape index (κ3) is 2.02. The molecule has 0 saturated heterocycles. The third-order valence-electron chi connectivity index (χ3n) is 5.14. The van der Waals surface area contributed by atoms with Crippen LogP contribution in [0.4, 0.5) is 0 Å². The molecular formula is C22H23N2+. The van der Waals surface area contributed by atoms with Crippen molar-refractivity contribution < 1.29 is 8.68 Å². The van der Waals surface area contributed by atoms with E-state index < -0.39 is 6.85 Å². The summed E-state index contributed by atoms with van der Waals surface area (Å²) in [6, 6.07) is 12.2. The summed E-state index contributed by atoms with van der Waals surface area (Å²) < 4.78 is 24.8. The second-order valence-electron chi connectivity index (χ2n) is 7.15. The van der Waals surface area contributed by atoms with E-state index in [-0.39, 0.29) is 5.41 Å². The Balaban J connectivity index is 1.90. The maximum absolute atomic E-state index is 7.63. The van der Waals surface area contributed by atoms with Gasteiger partial charge in [-0.15, -0.1) is 0 Å². The molecule has 0 amide bonds. The normalized spacial score (nSPS) is 16.8. The van der Waals surface area contributed by atoms with Crippen molar-refractivity contribution in [3.63, 3.8) is 0 Å². The first-order valence-electron chi connectivity index (χ1n) is 9.72. The zero-order valence-corrected chi connectivity index (χ0v) is 14.5. The van der Waals surface area contributed by atoms with Crippen molar-refractivity contribution in [2.75, 3.05) is 0 Å².